The minimum atomic E-state index is 0.656. The van der Waals surface area contributed by atoms with E-state index >= 15 is 0 Å². The van der Waals surface area contributed by atoms with Crippen molar-refractivity contribution in [3.8, 4) is 0 Å². The second kappa shape index (κ2) is 5.94. The number of anilines is 1. The van der Waals surface area contributed by atoms with Crippen LogP contribution in [0.25, 0.3) is 0 Å². The van der Waals surface area contributed by atoms with E-state index in [0.29, 0.717) is 6.04 Å². The van der Waals surface area contributed by atoms with E-state index in [2.05, 4.69) is 41.2 Å². The fourth-order valence-electron chi connectivity index (χ4n) is 2.61. The summed E-state index contributed by atoms with van der Waals surface area (Å²) in [6.07, 6.45) is 3.91. The third kappa shape index (κ3) is 3.21. The van der Waals surface area contributed by atoms with E-state index < -0.39 is 0 Å². The average Bonchev–Trinajstić information content (AvgIpc) is 3.08. The van der Waals surface area contributed by atoms with Gasteiger partial charge in [0, 0.05) is 47.7 Å². The first-order valence-electron chi connectivity index (χ1n) is 7.07. The Morgan fingerprint density at radius 2 is 2.21 bits per heavy atom. The number of nitrogens with zero attached hydrogens (tertiary/aromatic N) is 1. The van der Waals surface area contributed by atoms with Gasteiger partial charge in [-0.05, 0) is 37.1 Å². The quantitative estimate of drug-likeness (QED) is 0.895. The van der Waals surface area contributed by atoms with Crippen molar-refractivity contribution in [1.82, 2.24) is 5.32 Å². The minimum absolute atomic E-state index is 0.656. The highest BCUT2D eigenvalue weighted by Crippen LogP contribution is 2.32. The average molecular weight is 297 g/mol. The number of hydrogen-bond donors (Lipinski definition) is 1. The predicted octanol–water partition coefficient (Wildman–Crippen LogP) is 3.53. The molecule has 1 heterocycles. The van der Waals surface area contributed by atoms with Crippen molar-refractivity contribution in [1.29, 1.82) is 0 Å². The largest absolute Gasteiger partial charge is 0.370 e. The van der Waals surface area contributed by atoms with Gasteiger partial charge in [0.05, 0.1) is 0 Å². The molecule has 0 aromatic heterocycles. The molecule has 1 saturated heterocycles. The summed E-state index contributed by atoms with van der Waals surface area (Å²) in [6, 6.07) is 7.65. The molecule has 19 heavy (non-hydrogen) atoms. The maximum atomic E-state index is 6.41. The Morgan fingerprint density at radius 1 is 1.37 bits per heavy atom. The predicted molar refractivity (Wildman–Crippen MR) is 85.4 cm³/mol. The van der Waals surface area contributed by atoms with E-state index in [1.807, 2.05) is 6.07 Å². The number of benzene rings is 1. The van der Waals surface area contributed by atoms with Crippen molar-refractivity contribution in [3.63, 3.8) is 0 Å². The highest BCUT2D eigenvalue weighted by molar-refractivity contribution is 7.99. The molecular weight excluding hydrogens is 276 g/mol. The Bertz CT molecular complexity index is 442. The van der Waals surface area contributed by atoms with E-state index in [1.165, 1.54) is 42.0 Å². The van der Waals surface area contributed by atoms with Gasteiger partial charge in [0.1, 0.15) is 0 Å². The highest BCUT2D eigenvalue weighted by atomic mass is 35.5. The van der Waals surface area contributed by atoms with E-state index in [0.717, 1.165) is 17.6 Å². The fourth-order valence-corrected chi connectivity index (χ4v) is 4.11. The molecule has 1 saturated carbocycles. The number of halogens is 1. The van der Waals surface area contributed by atoms with Crippen LogP contribution < -0.4 is 10.2 Å². The first-order valence-corrected chi connectivity index (χ1v) is 8.60. The van der Waals surface area contributed by atoms with Gasteiger partial charge < -0.3 is 10.2 Å². The molecule has 1 atom stereocenters. The first-order chi connectivity index (χ1) is 9.25. The van der Waals surface area contributed by atoms with Crippen LogP contribution in [0.2, 0.25) is 5.02 Å². The van der Waals surface area contributed by atoms with Gasteiger partial charge in [0.25, 0.3) is 0 Å². The maximum absolute atomic E-state index is 6.41. The summed E-state index contributed by atoms with van der Waals surface area (Å²) < 4.78 is 0. The van der Waals surface area contributed by atoms with Crippen molar-refractivity contribution in [2.75, 3.05) is 23.5 Å². The molecule has 1 aromatic carbocycles. The molecule has 1 aromatic rings. The lowest BCUT2D eigenvalue weighted by molar-refractivity contribution is 0.669. The molecule has 3 rings (SSSR count). The van der Waals surface area contributed by atoms with Crippen LogP contribution in [0.5, 0.6) is 0 Å². The molecule has 1 aliphatic carbocycles. The zero-order chi connectivity index (χ0) is 13.2. The Morgan fingerprint density at radius 3 is 2.89 bits per heavy atom. The van der Waals surface area contributed by atoms with Gasteiger partial charge >= 0.3 is 0 Å². The molecule has 4 heteroatoms. The van der Waals surface area contributed by atoms with Crippen molar-refractivity contribution < 1.29 is 0 Å². The number of hydrogen-bond acceptors (Lipinski definition) is 3. The van der Waals surface area contributed by atoms with Crippen molar-refractivity contribution in [3.05, 3.63) is 28.8 Å². The number of thioether (sulfide) groups is 1. The molecule has 0 bridgehead atoms. The zero-order valence-corrected chi connectivity index (χ0v) is 12.9. The van der Waals surface area contributed by atoms with Gasteiger partial charge in [0.15, 0.2) is 0 Å². The normalized spacial score (nSPS) is 22.7. The van der Waals surface area contributed by atoms with Crippen LogP contribution in [0.3, 0.4) is 0 Å². The summed E-state index contributed by atoms with van der Waals surface area (Å²) in [5.41, 5.74) is 2.56. The van der Waals surface area contributed by atoms with Crippen LogP contribution in [0.1, 0.15) is 24.8 Å². The van der Waals surface area contributed by atoms with Crippen molar-refractivity contribution in [2.24, 2.45) is 0 Å². The van der Waals surface area contributed by atoms with Crippen LogP contribution in [-0.2, 0) is 6.54 Å². The summed E-state index contributed by atoms with van der Waals surface area (Å²) in [4.78, 5) is 2.43. The molecule has 1 aliphatic heterocycles. The third-order valence-corrected chi connectivity index (χ3v) is 5.57. The standard InChI is InChI=1S/C15H21ClN2S/c1-18(12-7-8-19-10-12)15-4-2-3-14(16)13(15)9-17-11-5-6-11/h2-4,11-12,17H,5-10H2,1H3. The van der Waals surface area contributed by atoms with Gasteiger partial charge in [0.2, 0.25) is 0 Å². The maximum Gasteiger partial charge on any atom is 0.0471 e. The van der Waals surface area contributed by atoms with E-state index in [4.69, 9.17) is 11.6 Å². The second-order valence-electron chi connectivity index (χ2n) is 5.52. The van der Waals surface area contributed by atoms with E-state index in [1.54, 1.807) is 0 Å². The minimum Gasteiger partial charge on any atom is -0.370 e. The smallest absolute Gasteiger partial charge is 0.0471 e. The van der Waals surface area contributed by atoms with Crippen molar-refractivity contribution >= 4 is 29.1 Å². The molecule has 0 radical (unpaired) electrons. The lowest BCUT2D eigenvalue weighted by Gasteiger charge is -2.29. The van der Waals surface area contributed by atoms with Crippen LogP contribution in [0.15, 0.2) is 18.2 Å². The molecule has 1 N–H and O–H groups in total. The van der Waals surface area contributed by atoms with Crippen LogP contribution in [-0.4, -0.2) is 30.6 Å². The summed E-state index contributed by atoms with van der Waals surface area (Å²) in [5, 5.41) is 4.48. The Hall–Kier alpha value is -0.380. The van der Waals surface area contributed by atoms with Crippen molar-refractivity contribution in [2.45, 2.75) is 37.9 Å². The van der Waals surface area contributed by atoms with E-state index in [-0.39, 0.29) is 0 Å². The third-order valence-electron chi connectivity index (χ3n) is 4.07. The Balaban J connectivity index is 1.79. The first kappa shape index (κ1) is 13.6. The molecule has 2 aliphatic rings. The van der Waals surface area contributed by atoms with Gasteiger partial charge in [-0.25, -0.2) is 0 Å². The monoisotopic (exact) mass is 296 g/mol. The SMILES string of the molecule is CN(c1cccc(Cl)c1CNC1CC1)C1CCSC1. The molecule has 2 nitrogen and oxygen atoms in total. The second-order valence-corrected chi connectivity index (χ2v) is 7.08. The lowest BCUT2D eigenvalue weighted by atomic mass is 10.1. The zero-order valence-electron chi connectivity index (χ0n) is 11.4. The van der Waals surface area contributed by atoms with E-state index in [9.17, 15) is 0 Å². The molecule has 0 spiro atoms. The Kier molecular flexibility index (Phi) is 4.25. The Labute approximate surface area is 124 Å². The van der Waals surface area contributed by atoms with Gasteiger partial charge in [-0.15, -0.1) is 0 Å². The number of rotatable bonds is 5. The summed E-state index contributed by atoms with van der Waals surface area (Å²) >= 11 is 8.47. The van der Waals surface area contributed by atoms with Crippen LogP contribution >= 0.6 is 23.4 Å². The fraction of sp³-hybridized carbons (Fsp3) is 0.600. The van der Waals surface area contributed by atoms with Gasteiger partial charge in [-0.2, -0.15) is 11.8 Å². The molecule has 1 unspecified atom stereocenters. The lowest BCUT2D eigenvalue weighted by Crippen LogP contribution is -2.32. The highest BCUT2D eigenvalue weighted by Gasteiger charge is 2.24. The molecule has 2 fully saturated rings. The van der Waals surface area contributed by atoms with Crippen LogP contribution in [0.4, 0.5) is 5.69 Å². The molecular formula is C15H21ClN2S. The molecule has 104 valence electrons. The summed E-state index contributed by atoms with van der Waals surface area (Å²) in [6.45, 7) is 0.893. The van der Waals surface area contributed by atoms with Gasteiger partial charge in [-0.3, -0.25) is 0 Å². The van der Waals surface area contributed by atoms with Crippen LogP contribution in [0, 0.1) is 0 Å². The van der Waals surface area contributed by atoms with Gasteiger partial charge in [-0.1, -0.05) is 17.7 Å². The topological polar surface area (TPSA) is 15.3 Å². The molecule has 0 amide bonds. The summed E-state index contributed by atoms with van der Waals surface area (Å²) in [5.74, 6) is 2.52. The number of nitrogens with one attached hydrogen (secondary N) is 1. The summed E-state index contributed by atoms with van der Waals surface area (Å²) in [7, 11) is 2.21.